The molecule has 0 aliphatic heterocycles. The molecule has 0 atom stereocenters. The van der Waals surface area contributed by atoms with Gasteiger partial charge in [-0.2, -0.15) is 5.26 Å². The van der Waals surface area contributed by atoms with Crippen LogP contribution in [0.4, 0.5) is 5.95 Å². The van der Waals surface area contributed by atoms with Crippen molar-refractivity contribution in [3.05, 3.63) is 40.4 Å². The molecule has 1 aliphatic rings. The third-order valence-electron chi connectivity index (χ3n) is 2.88. The van der Waals surface area contributed by atoms with Gasteiger partial charge >= 0.3 is 0 Å². The molecule has 94 valence electrons. The number of nitriles is 1. The van der Waals surface area contributed by atoms with E-state index in [2.05, 4.69) is 20.3 Å². The maximum Gasteiger partial charge on any atom is 0.270 e. The molecular weight excluding hydrogens is 242 g/mol. The summed E-state index contributed by atoms with van der Waals surface area (Å²) in [6.07, 6.45) is 5.37. The summed E-state index contributed by atoms with van der Waals surface area (Å²) in [4.78, 5) is 22.8. The zero-order valence-corrected chi connectivity index (χ0v) is 10.1. The Hall–Kier alpha value is -2.68. The molecule has 6 heteroatoms. The standard InChI is InChI=1S/C13H11N5O/c14-6-10-11(8-2-1-5-15-7-8)17-13(18-12(10)19)16-9-3-4-9/h1-2,5,7,9H,3-4H2,(H2,16,17,18,19). The van der Waals surface area contributed by atoms with Crippen LogP contribution in [0, 0.1) is 11.3 Å². The lowest BCUT2D eigenvalue weighted by Crippen LogP contribution is -2.18. The molecule has 6 nitrogen and oxygen atoms in total. The zero-order valence-electron chi connectivity index (χ0n) is 10.1. The predicted octanol–water partition coefficient (Wildman–Crippen LogP) is 1.28. The first-order valence-corrected chi connectivity index (χ1v) is 5.99. The van der Waals surface area contributed by atoms with Gasteiger partial charge in [0, 0.05) is 24.0 Å². The summed E-state index contributed by atoms with van der Waals surface area (Å²) in [5.74, 6) is 0.408. The molecule has 0 spiro atoms. The lowest BCUT2D eigenvalue weighted by atomic mass is 10.1. The van der Waals surface area contributed by atoms with E-state index in [-0.39, 0.29) is 5.56 Å². The number of nitrogens with zero attached hydrogens (tertiary/aromatic N) is 3. The van der Waals surface area contributed by atoms with Crippen LogP contribution in [0.5, 0.6) is 0 Å². The number of hydrogen-bond acceptors (Lipinski definition) is 5. The minimum absolute atomic E-state index is 0.00865. The summed E-state index contributed by atoms with van der Waals surface area (Å²) in [7, 11) is 0. The van der Waals surface area contributed by atoms with E-state index in [1.54, 1.807) is 24.5 Å². The number of aromatic nitrogens is 3. The summed E-state index contributed by atoms with van der Waals surface area (Å²) >= 11 is 0. The Kier molecular flexibility index (Phi) is 2.72. The van der Waals surface area contributed by atoms with Gasteiger partial charge in [0.2, 0.25) is 5.95 Å². The fourth-order valence-electron chi connectivity index (χ4n) is 1.78. The third-order valence-corrected chi connectivity index (χ3v) is 2.88. The molecule has 0 bridgehead atoms. The number of nitrogens with one attached hydrogen (secondary N) is 2. The normalized spacial score (nSPS) is 13.8. The topological polar surface area (TPSA) is 94.5 Å². The highest BCUT2D eigenvalue weighted by Gasteiger charge is 2.23. The van der Waals surface area contributed by atoms with E-state index in [1.165, 1.54) is 0 Å². The van der Waals surface area contributed by atoms with E-state index >= 15 is 0 Å². The molecule has 2 aromatic rings. The van der Waals surface area contributed by atoms with Crippen LogP contribution in [-0.2, 0) is 0 Å². The summed E-state index contributed by atoms with van der Waals surface area (Å²) in [6, 6.07) is 5.79. The maximum absolute atomic E-state index is 11.9. The van der Waals surface area contributed by atoms with E-state index in [9.17, 15) is 4.79 Å². The molecule has 0 amide bonds. The third kappa shape index (κ3) is 2.31. The molecule has 0 radical (unpaired) electrons. The number of pyridine rings is 1. The Balaban J connectivity index is 2.12. The number of hydrogen-bond donors (Lipinski definition) is 2. The first-order valence-electron chi connectivity index (χ1n) is 5.99. The molecule has 2 heterocycles. The van der Waals surface area contributed by atoms with Gasteiger partial charge in [-0.1, -0.05) is 0 Å². The highest BCUT2D eigenvalue weighted by molar-refractivity contribution is 5.66. The van der Waals surface area contributed by atoms with Crippen LogP contribution < -0.4 is 10.9 Å². The smallest absolute Gasteiger partial charge is 0.270 e. The van der Waals surface area contributed by atoms with Crippen LogP contribution in [-0.4, -0.2) is 21.0 Å². The Bertz CT molecular complexity index is 697. The van der Waals surface area contributed by atoms with Crippen molar-refractivity contribution in [3.63, 3.8) is 0 Å². The number of anilines is 1. The first-order chi connectivity index (χ1) is 9.28. The first kappa shape index (κ1) is 11.4. The van der Waals surface area contributed by atoms with Gasteiger partial charge in [0.25, 0.3) is 5.56 Å². The Morgan fingerprint density at radius 2 is 2.32 bits per heavy atom. The van der Waals surface area contributed by atoms with Crippen LogP contribution in [0.25, 0.3) is 11.3 Å². The Morgan fingerprint density at radius 1 is 1.47 bits per heavy atom. The van der Waals surface area contributed by atoms with Crippen molar-refractivity contribution in [2.45, 2.75) is 18.9 Å². The SMILES string of the molecule is N#Cc1c(-c2cccnc2)nc(NC2CC2)[nH]c1=O. The van der Waals surface area contributed by atoms with Crippen LogP contribution in [0.3, 0.4) is 0 Å². The van der Waals surface area contributed by atoms with E-state index in [0.717, 1.165) is 12.8 Å². The molecule has 19 heavy (non-hydrogen) atoms. The average Bonchev–Trinajstić information content (AvgIpc) is 3.23. The summed E-state index contributed by atoms with van der Waals surface area (Å²) < 4.78 is 0. The summed E-state index contributed by atoms with van der Waals surface area (Å²) in [6.45, 7) is 0. The van der Waals surface area contributed by atoms with Crippen molar-refractivity contribution in [3.8, 4) is 17.3 Å². The quantitative estimate of drug-likeness (QED) is 0.859. The predicted molar refractivity (Wildman–Crippen MR) is 69.4 cm³/mol. The van der Waals surface area contributed by atoms with Crippen LogP contribution in [0.1, 0.15) is 18.4 Å². The summed E-state index contributed by atoms with van der Waals surface area (Å²) in [5, 5.41) is 12.2. The molecule has 2 aromatic heterocycles. The van der Waals surface area contributed by atoms with Crippen molar-refractivity contribution >= 4 is 5.95 Å². The van der Waals surface area contributed by atoms with Crippen molar-refractivity contribution in [2.75, 3.05) is 5.32 Å². The second kappa shape index (κ2) is 4.53. The monoisotopic (exact) mass is 253 g/mol. The number of rotatable bonds is 3. The van der Waals surface area contributed by atoms with Gasteiger partial charge in [0.15, 0.2) is 0 Å². The molecular formula is C13H11N5O. The largest absolute Gasteiger partial charge is 0.353 e. The summed E-state index contributed by atoms with van der Waals surface area (Å²) in [5.41, 5.74) is 0.598. The van der Waals surface area contributed by atoms with E-state index < -0.39 is 5.56 Å². The lowest BCUT2D eigenvalue weighted by Gasteiger charge is -2.07. The Labute approximate surface area is 109 Å². The zero-order chi connectivity index (χ0) is 13.2. The van der Waals surface area contributed by atoms with Crippen molar-refractivity contribution < 1.29 is 0 Å². The minimum Gasteiger partial charge on any atom is -0.353 e. The molecule has 1 saturated carbocycles. The fourth-order valence-corrected chi connectivity index (χ4v) is 1.78. The van der Waals surface area contributed by atoms with Gasteiger partial charge in [-0.3, -0.25) is 14.8 Å². The van der Waals surface area contributed by atoms with Gasteiger partial charge in [-0.05, 0) is 25.0 Å². The molecule has 0 aromatic carbocycles. The van der Waals surface area contributed by atoms with Crippen LogP contribution in [0.15, 0.2) is 29.3 Å². The molecule has 1 aliphatic carbocycles. The van der Waals surface area contributed by atoms with Gasteiger partial charge in [0.05, 0.1) is 5.69 Å². The number of aromatic amines is 1. The van der Waals surface area contributed by atoms with E-state index in [0.29, 0.717) is 23.2 Å². The second-order valence-electron chi connectivity index (χ2n) is 4.41. The highest BCUT2D eigenvalue weighted by atomic mass is 16.1. The molecule has 2 N–H and O–H groups in total. The van der Waals surface area contributed by atoms with Crippen LogP contribution in [0.2, 0.25) is 0 Å². The average molecular weight is 253 g/mol. The fraction of sp³-hybridized carbons (Fsp3) is 0.231. The molecule has 1 fully saturated rings. The van der Waals surface area contributed by atoms with E-state index in [1.807, 2.05) is 6.07 Å². The van der Waals surface area contributed by atoms with Crippen molar-refractivity contribution in [2.24, 2.45) is 0 Å². The highest BCUT2D eigenvalue weighted by Crippen LogP contribution is 2.24. The molecule has 0 saturated heterocycles. The lowest BCUT2D eigenvalue weighted by molar-refractivity contribution is 1.03. The van der Waals surface area contributed by atoms with E-state index in [4.69, 9.17) is 5.26 Å². The minimum atomic E-state index is -0.431. The van der Waals surface area contributed by atoms with Crippen molar-refractivity contribution in [1.29, 1.82) is 5.26 Å². The second-order valence-corrected chi connectivity index (χ2v) is 4.41. The maximum atomic E-state index is 11.9. The van der Waals surface area contributed by atoms with Gasteiger partial charge in [-0.15, -0.1) is 0 Å². The van der Waals surface area contributed by atoms with Gasteiger partial charge in [0.1, 0.15) is 11.6 Å². The number of H-pyrrole nitrogens is 1. The van der Waals surface area contributed by atoms with Gasteiger partial charge in [-0.25, -0.2) is 4.98 Å². The van der Waals surface area contributed by atoms with Crippen LogP contribution >= 0.6 is 0 Å². The van der Waals surface area contributed by atoms with Gasteiger partial charge < -0.3 is 5.32 Å². The van der Waals surface area contributed by atoms with Crippen molar-refractivity contribution in [1.82, 2.24) is 15.0 Å². The molecule has 0 unspecified atom stereocenters. The molecule has 3 rings (SSSR count). The Morgan fingerprint density at radius 3 is 2.95 bits per heavy atom.